The highest BCUT2D eigenvalue weighted by atomic mass is 32.2. The monoisotopic (exact) mass is 204 g/mol. The first kappa shape index (κ1) is 10.5. The SMILES string of the molecule is CCCCN1C=CN(CS(=O)O)C1. The molecular formula is C8H16N2O2S. The Balaban J connectivity index is 2.21. The van der Waals surface area contributed by atoms with E-state index in [4.69, 9.17) is 4.55 Å². The van der Waals surface area contributed by atoms with Crippen molar-refractivity contribution in [3.8, 4) is 0 Å². The van der Waals surface area contributed by atoms with E-state index in [1.807, 2.05) is 17.3 Å². The average molecular weight is 204 g/mol. The maximum atomic E-state index is 10.5. The summed E-state index contributed by atoms with van der Waals surface area (Å²) < 4.78 is 19.1. The van der Waals surface area contributed by atoms with Crippen LogP contribution >= 0.6 is 0 Å². The smallest absolute Gasteiger partial charge is 0.173 e. The first-order valence-electron chi connectivity index (χ1n) is 4.46. The van der Waals surface area contributed by atoms with Gasteiger partial charge < -0.3 is 14.4 Å². The molecule has 0 saturated carbocycles. The molecule has 4 nitrogen and oxygen atoms in total. The van der Waals surface area contributed by atoms with Crippen molar-refractivity contribution in [2.75, 3.05) is 19.1 Å². The lowest BCUT2D eigenvalue weighted by Crippen LogP contribution is -2.28. The fourth-order valence-electron chi connectivity index (χ4n) is 1.25. The second-order valence-corrected chi connectivity index (χ2v) is 4.05. The standard InChI is InChI=1S/C8H16N2O2S/c1-2-3-4-9-5-6-10(7-9)8-13(11)12/h5-6H,2-4,7-8H2,1H3,(H,11,12). The largest absolute Gasteiger partial charge is 0.359 e. The van der Waals surface area contributed by atoms with Gasteiger partial charge in [0.15, 0.2) is 11.1 Å². The second kappa shape index (κ2) is 5.24. The Hall–Kier alpha value is -0.550. The lowest BCUT2D eigenvalue weighted by atomic mass is 10.3. The van der Waals surface area contributed by atoms with Gasteiger partial charge in [-0.2, -0.15) is 0 Å². The quantitative estimate of drug-likeness (QED) is 0.679. The van der Waals surface area contributed by atoms with Crippen LogP contribution < -0.4 is 0 Å². The Morgan fingerprint density at radius 3 is 2.77 bits per heavy atom. The molecule has 1 N–H and O–H groups in total. The zero-order chi connectivity index (χ0) is 9.68. The third kappa shape index (κ3) is 3.78. The van der Waals surface area contributed by atoms with Crippen molar-refractivity contribution in [3.05, 3.63) is 12.4 Å². The van der Waals surface area contributed by atoms with Crippen LogP contribution in [0, 0.1) is 0 Å². The van der Waals surface area contributed by atoms with E-state index < -0.39 is 11.1 Å². The number of hydrogen-bond acceptors (Lipinski definition) is 3. The van der Waals surface area contributed by atoms with E-state index >= 15 is 0 Å². The summed E-state index contributed by atoms with van der Waals surface area (Å²) in [7, 11) is 0. The highest BCUT2D eigenvalue weighted by Crippen LogP contribution is 2.07. The molecule has 0 saturated heterocycles. The lowest BCUT2D eigenvalue weighted by Gasteiger charge is -2.19. The van der Waals surface area contributed by atoms with E-state index in [1.54, 1.807) is 0 Å². The highest BCUT2D eigenvalue weighted by Gasteiger charge is 2.12. The molecule has 0 aromatic heterocycles. The molecule has 0 aromatic rings. The third-order valence-corrected chi connectivity index (χ3v) is 2.48. The van der Waals surface area contributed by atoms with Gasteiger partial charge in [-0.15, -0.1) is 0 Å². The molecule has 0 amide bonds. The summed E-state index contributed by atoms with van der Waals surface area (Å²) in [5.74, 6) is 0.207. The van der Waals surface area contributed by atoms with E-state index in [0.29, 0.717) is 0 Å². The van der Waals surface area contributed by atoms with Crippen LogP contribution in [0.3, 0.4) is 0 Å². The van der Waals surface area contributed by atoms with E-state index in [0.717, 1.165) is 13.2 Å². The van der Waals surface area contributed by atoms with Gasteiger partial charge in [-0.3, -0.25) is 0 Å². The predicted molar refractivity (Wildman–Crippen MR) is 53.1 cm³/mol. The Labute approximate surface area is 81.5 Å². The summed E-state index contributed by atoms with van der Waals surface area (Å²) in [4.78, 5) is 3.99. The molecule has 1 atom stereocenters. The topological polar surface area (TPSA) is 43.8 Å². The average Bonchev–Trinajstić information content (AvgIpc) is 2.48. The van der Waals surface area contributed by atoms with Crippen molar-refractivity contribution in [2.45, 2.75) is 19.8 Å². The molecule has 0 aromatic carbocycles. The molecule has 5 heteroatoms. The van der Waals surface area contributed by atoms with Crippen LogP contribution in [0.15, 0.2) is 12.4 Å². The number of hydrogen-bond donors (Lipinski definition) is 1. The van der Waals surface area contributed by atoms with Crippen LogP contribution in [0.4, 0.5) is 0 Å². The Bertz CT molecular complexity index is 208. The molecule has 0 aliphatic carbocycles. The van der Waals surface area contributed by atoms with E-state index in [9.17, 15) is 4.21 Å². The molecule has 1 heterocycles. The molecule has 1 unspecified atom stereocenters. The van der Waals surface area contributed by atoms with Crippen LogP contribution in [0.5, 0.6) is 0 Å². The maximum Gasteiger partial charge on any atom is 0.173 e. The summed E-state index contributed by atoms with van der Waals surface area (Å²) in [6, 6.07) is 0. The van der Waals surface area contributed by atoms with Gasteiger partial charge in [-0.25, -0.2) is 4.21 Å². The second-order valence-electron chi connectivity index (χ2n) is 3.14. The lowest BCUT2D eigenvalue weighted by molar-refractivity contribution is 0.283. The van der Waals surface area contributed by atoms with Gasteiger partial charge in [0.05, 0.1) is 6.67 Å². The van der Waals surface area contributed by atoms with E-state index in [-0.39, 0.29) is 5.88 Å². The van der Waals surface area contributed by atoms with Crippen molar-refractivity contribution in [2.24, 2.45) is 0 Å². The molecule has 1 aliphatic rings. The van der Waals surface area contributed by atoms with Gasteiger partial charge in [-0.1, -0.05) is 13.3 Å². The summed E-state index contributed by atoms with van der Waals surface area (Å²) in [6.07, 6.45) is 6.18. The van der Waals surface area contributed by atoms with Gasteiger partial charge in [0.2, 0.25) is 0 Å². The molecule has 1 aliphatic heterocycles. The molecule has 13 heavy (non-hydrogen) atoms. The van der Waals surface area contributed by atoms with Crippen molar-refractivity contribution >= 4 is 11.1 Å². The minimum Gasteiger partial charge on any atom is -0.359 e. The normalized spacial score (nSPS) is 18.3. The Kier molecular flexibility index (Phi) is 4.24. The molecule has 1 rings (SSSR count). The summed E-state index contributed by atoms with van der Waals surface area (Å²) in [5.41, 5.74) is 0. The highest BCUT2D eigenvalue weighted by molar-refractivity contribution is 7.79. The molecular weight excluding hydrogens is 188 g/mol. The number of nitrogens with zero attached hydrogens (tertiary/aromatic N) is 2. The fourth-order valence-corrected chi connectivity index (χ4v) is 1.70. The first-order valence-corrected chi connectivity index (χ1v) is 5.74. The molecule has 0 fully saturated rings. The summed E-state index contributed by atoms with van der Waals surface area (Å²) in [5, 5.41) is 0. The van der Waals surface area contributed by atoms with Gasteiger partial charge in [0, 0.05) is 18.9 Å². The maximum absolute atomic E-state index is 10.5. The van der Waals surface area contributed by atoms with Gasteiger partial charge in [0.25, 0.3) is 0 Å². The Morgan fingerprint density at radius 1 is 1.46 bits per heavy atom. The minimum atomic E-state index is -1.73. The van der Waals surface area contributed by atoms with Crippen LogP contribution in [0.2, 0.25) is 0 Å². The van der Waals surface area contributed by atoms with Gasteiger partial charge >= 0.3 is 0 Å². The third-order valence-electron chi connectivity index (χ3n) is 1.93. The number of unbranched alkanes of at least 4 members (excludes halogenated alkanes) is 1. The van der Waals surface area contributed by atoms with E-state index in [2.05, 4.69) is 11.8 Å². The van der Waals surface area contributed by atoms with Crippen molar-refractivity contribution < 1.29 is 8.76 Å². The Morgan fingerprint density at radius 2 is 2.15 bits per heavy atom. The van der Waals surface area contributed by atoms with Crippen LogP contribution in [0.1, 0.15) is 19.8 Å². The van der Waals surface area contributed by atoms with Gasteiger partial charge in [0.1, 0.15) is 5.88 Å². The van der Waals surface area contributed by atoms with Crippen LogP contribution in [-0.2, 0) is 11.1 Å². The van der Waals surface area contributed by atoms with Crippen molar-refractivity contribution in [1.82, 2.24) is 9.80 Å². The van der Waals surface area contributed by atoms with Crippen molar-refractivity contribution in [3.63, 3.8) is 0 Å². The summed E-state index contributed by atoms with van der Waals surface area (Å²) >= 11 is -1.73. The van der Waals surface area contributed by atoms with Crippen LogP contribution in [-0.4, -0.2) is 37.7 Å². The minimum absolute atomic E-state index is 0.207. The van der Waals surface area contributed by atoms with Crippen LogP contribution in [0.25, 0.3) is 0 Å². The summed E-state index contributed by atoms with van der Waals surface area (Å²) in [6.45, 7) is 3.92. The predicted octanol–water partition coefficient (Wildman–Crippen LogP) is 1.01. The van der Waals surface area contributed by atoms with Gasteiger partial charge in [-0.05, 0) is 6.42 Å². The zero-order valence-electron chi connectivity index (χ0n) is 7.85. The fraction of sp³-hybridized carbons (Fsp3) is 0.750. The number of rotatable bonds is 5. The zero-order valence-corrected chi connectivity index (χ0v) is 8.66. The van der Waals surface area contributed by atoms with Crippen molar-refractivity contribution in [1.29, 1.82) is 0 Å². The molecule has 0 spiro atoms. The molecule has 0 radical (unpaired) electrons. The molecule has 0 bridgehead atoms. The van der Waals surface area contributed by atoms with E-state index in [1.165, 1.54) is 12.8 Å². The first-order chi connectivity index (χ1) is 6.22. The molecule has 76 valence electrons.